The molecular weight excluding hydrogens is 448 g/mol. The van der Waals surface area contributed by atoms with Crippen molar-refractivity contribution in [1.29, 1.82) is 0 Å². The minimum atomic E-state index is -0.296. The Kier molecular flexibility index (Phi) is 6.64. The maximum Gasteiger partial charge on any atom is 0.247 e. The first-order valence-corrected chi connectivity index (χ1v) is 11.2. The lowest BCUT2D eigenvalue weighted by molar-refractivity contribution is -0.111. The molecule has 166 valence electrons. The maximum atomic E-state index is 11.5. The third kappa shape index (κ3) is 5.04. The van der Waals surface area contributed by atoms with Gasteiger partial charge in [-0.15, -0.1) is 0 Å². The van der Waals surface area contributed by atoms with E-state index in [0.717, 1.165) is 30.9 Å². The summed E-state index contributed by atoms with van der Waals surface area (Å²) in [7, 11) is 3.77. The van der Waals surface area contributed by atoms with E-state index in [2.05, 4.69) is 46.3 Å². The number of benzene rings is 2. The smallest absolute Gasteiger partial charge is 0.247 e. The van der Waals surface area contributed by atoms with E-state index < -0.39 is 0 Å². The highest BCUT2D eigenvalue weighted by Gasteiger charge is 2.19. The van der Waals surface area contributed by atoms with Crippen molar-refractivity contribution in [1.82, 2.24) is 9.88 Å². The molecule has 0 saturated heterocycles. The van der Waals surface area contributed by atoms with Gasteiger partial charge in [0.1, 0.15) is 11.5 Å². The summed E-state index contributed by atoms with van der Waals surface area (Å²) >= 11 is 7.61. The zero-order chi connectivity index (χ0) is 22.7. The molecule has 2 heterocycles. The molecule has 2 aromatic carbocycles. The lowest BCUT2D eigenvalue weighted by Crippen LogP contribution is -2.26. The highest BCUT2D eigenvalue weighted by atomic mass is 35.5. The molecule has 7 nitrogen and oxygen atoms in total. The van der Waals surface area contributed by atoms with Gasteiger partial charge in [-0.25, -0.2) is 4.98 Å². The van der Waals surface area contributed by atoms with E-state index in [9.17, 15) is 4.79 Å². The van der Waals surface area contributed by atoms with Gasteiger partial charge in [-0.05, 0) is 54.9 Å². The number of methoxy groups -OCH3 is 1. The Bertz CT molecular complexity index is 1160. The lowest BCUT2D eigenvalue weighted by atomic mass is 9.99. The molecule has 3 aromatic rings. The number of carbonyl (C=O) groups is 1. The van der Waals surface area contributed by atoms with E-state index in [1.807, 2.05) is 0 Å². The van der Waals surface area contributed by atoms with Gasteiger partial charge in [-0.2, -0.15) is 0 Å². The van der Waals surface area contributed by atoms with Crippen LogP contribution in [0.5, 0.6) is 16.6 Å². The van der Waals surface area contributed by atoms with Gasteiger partial charge in [-0.1, -0.05) is 35.6 Å². The van der Waals surface area contributed by atoms with Crippen LogP contribution in [0.25, 0.3) is 0 Å². The molecule has 0 fully saturated rings. The number of thiazole rings is 1. The van der Waals surface area contributed by atoms with Gasteiger partial charge < -0.3 is 25.0 Å². The van der Waals surface area contributed by atoms with Crippen LogP contribution in [-0.2, 0) is 17.8 Å². The Morgan fingerprint density at radius 1 is 1.31 bits per heavy atom. The van der Waals surface area contributed by atoms with E-state index in [1.54, 1.807) is 31.4 Å². The summed E-state index contributed by atoms with van der Waals surface area (Å²) in [6.45, 7) is 5.37. The van der Waals surface area contributed by atoms with E-state index in [4.69, 9.17) is 21.1 Å². The summed E-state index contributed by atoms with van der Waals surface area (Å²) in [5.41, 5.74) is 3.99. The van der Waals surface area contributed by atoms with Crippen molar-refractivity contribution in [2.45, 2.75) is 13.0 Å². The average Bonchev–Trinajstić information content (AvgIpc) is 3.12. The lowest BCUT2D eigenvalue weighted by Gasteiger charge is -2.26. The molecule has 1 amide bonds. The Morgan fingerprint density at radius 2 is 2.16 bits per heavy atom. The summed E-state index contributed by atoms with van der Waals surface area (Å²) in [5, 5.41) is 7.29. The molecule has 9 heteroatoms. The standard InChI is InChI=1S/C23H23ClN4O3S/c1-4-20(29)25-16-6-5-7-17(12-16)31-22-21(24)27-23(32-22)26-18-10-14-8-9-28(2)13-15(14)11-19(18)30-3/h4-7,10-12H,1,8-9,13H2,2-3H3,(H,25,29)(H,26,27). The number of halogens is 1. The second-order valence-electron chi connectivity index (χ2n) is 7.35. The van der Waals surface area contributed by atoms with Crippen molar-refractivity contribution in [2.75, 3.05) is 31.3 Å². The molecule has 32 heavy (non-hydrogen) atoms. The SMILES string of the molecule is C=CC(=O)Nc1cccc(Oc2sc(Nc3cc4c(cc3OC)CN(C)CC4)nc2Cl)c1. The molecule has 0 bridgehead atoms. The van der Waals surface area contributed by atoms with Crippen molar-refractivity contribution < 1.29 is 14.3 Å². The van der Waals surface area contributed by atoms with Crippen LogP contribution >= 0.6 is 22.9 Å². The van der Waals surface area contributed by atoms with Gasteiger partial charge in [0.2, 0.25) is 11.0 Å². The largest absolute Gasteiger partial charge is 0.495 e. The van der Waals surface area contributed by atoms with Crippen LogP contribution in [0.1, 0.15) is 11.1 Å². The highest BCUT2D eigenvalue weighted by Crippen LogP contribution is 2.41. The fourth-order valence-corrected chi connectivity index (χ4v) is 4.48. The van der Waals surface area contributed by atoms with Crippen LogP contribution in [0, 0.1) is 0 Å². The fourth-order valence-electron chi connectivity index (χ4n) is 3.45. The maximum absolute atomic E-state index is 11.5. The summed E-state index contributed by atoms with van der Waals surface area (Å²) in [6, 6.07) is 11.2. The zero-order valence-corrected chi connectivity index (χ0v) is 19.3. The van der Waals surface area contributed by atoms with Gasteiger partial charge in [0, 0.05) is 24.8 Å². The molecule has 1 aromatic heterocycles. The third-order valence-electron chi connectivity index (χ3n) is 5.02. The monoisotopic (exact) mass is 470 g/mol. The topological polar surface area (TPSA) is 75.7 Å². The average molecular weight is 471 g/mol. The van der Waals surface area contributed by atoms with Gasteiger partial charge in [0.25, 0.3) is 0 Å². The normalized spacial score (nSPS) is 13.2. The first-order valence-electron chi connectivity index (χ1n) is 9.98. The molecular formula is C23H23ClN4O3S. The Balaban J connectivity index is 1.53. The number of fused-ring (bicyclic) bond motifs is 1. The third-order valence-corrected chi connectivity index (χ3v) is 6.24. The quantitative estimate of drug-likeness (QED) is 0.447. The summed E-state index contributed by atoms with van der Waals surface area (Å²) in [4.78, 5) is 18.2. The highest BCUT2D eigenvalue weighted by molar-refractivity contribution is 7.18. The molecule has 0 spiro atoms. The Hall–Kier alpha value is -3.07. The molecule has 0 radical (unpaired) electrons. The van der Waals surface area contributed by atoms with Crippen LogP contribution < -0.4 is 20.1 Å². The van der Waals surface area contributed by atoms with Crippen molar-refractivity contribution in [3.05, 3.63) is 65.3 Å². The van der Waals surface area contributed by atoms with Crippen LogP contribution in [-0.4, -0.2) is 36.5 Å². The predicted molar refractivity (Wildman–Crippen MR) is 129 cm³/mol. The number of likely N-dealkylation sites (N-methyl/N-ethyl adjacent to an activating group) is 1. The van der Waals surface area contributed by atoms with Crippen LogP contribution in [0.3, 0.4) is 0 Å². The second kappa shape index (κ2) is 9.60. The summed E-state index contributed by atoms with van der Waals surface area (Å²) in [5.74, 6) is 0.980. The Labute approximate surface area is 195 Å². The van der Waals surface area contributed by atoms with Gasteiger partial charge in [0.05, 0.1) is 12.8 Å². The number of carbonyl (C=O) groups excluding carboxylic acids is 1. The number of hydrogen-bond donors (Lipinski definition) is 2. The number of aromatic nitrogens is 1. The Morgan fingerprint density at radius 3 is 2.94 bits per heavy atom. The molecule has 0 atom stereocenters. The van der Waals surface area contributed by atoms with Gasteiger partial charge in [-0.3, -0.25) is 4.79 Å². The number of nitrogens with one attached hydrogen (secondary N) is 2. The number of amides is 1. The molecule has 0 aliphatic carbocycles. The minimum Gasteiger partial charge on any atom is -0.495 e. The van der Waals surface area contributed by atoms with E-state index >= 15 is 0 Å². The first kappa shape index (κ1) is 22.1. The van der Waals surface area contributed by atoms with Crippen molar-refractivity contribution in [2.24, 2.45) is 0 Å². The van der Waals surface area contributed by atoms with Crippen LogP contribution in [0.2, 0.25) is 5.15 Å². The molecule has 2 N–H and O–H groups in total. The number of hydrogen-bond acceptors (Lipinski definition) is 7. The molecule has 1 aliphatic rings. The number of anilines is 3. The summed E-state index contributed by atoms with van der Waals surface area (Å²) < 4.78 is 11.5. The van der Waals surface area contributed by atoms with Crippen LogP contribution in [0.15, 0.2) is 49.1 Å². The fraction of sp³-hybridized carbons (Fsp3) is 0.217. The van der Waals surface area contributed by atoms with E-state index in [0.29, 0.717) is 21.6 Å². The van der Waals surface area contributed by atoms with E-state index in [1.165, 1.54) is 28.5 Å². The van der Waals surface area contributed by atoms with Crippen LogP contribution in [0.4, 0.5) is 16.5 Å². The second-order valence-corrected chi connectivity index (χ2v) is 8.67. The van der Waals surface area contributed by atoms with E-state index in [-0.39, 0.29) is 11.1 Å². The molecule has 0 saturated carbocycles. The molecule has 1 aliphatic heterocycles. The number of rotatable bonds is 7. The van der Waals surface area contributed by atoms with Gasteiger partial charge in [0.15, 0.2) is 10.3 Å². The molecule has 0 unspecified atom stereocenters. The van der Waals surface area contributed by atoms with Crippen molar-refractivity contribution >= 4 is 45.4 Å². The first-order chi connectivity index (χ1) is 15.4. The van der Waals surface area contributed by atoms with Crippen molar-refractivity contribution in [3.8, 4) is 16.6 Å². The predicted octanol–water partition coefficient (Wildman–Crippen LogP) is 5.45. The minimum absolute atomic E-state index is 0.247. The summed E-state index contributed by atoms with van der Waals surface area (Å²) in [6.07, 6.45) is 2.19. The number of ether oxygens (including phenoxy) is 2. The number of nitrogens with zero attached hydrogens (tertiary/aromatic N) is 2. The molecule has 4 rings (SSSR count). The zero-order valence-electron chi connectivity index (χ0n) is 17.8. The van der Waals surface area contributed by atoms with Gasteiger partial charge >= 0.3 is 0 Å². The van der Waals surface area contributed by atoms with Crippen molar-refractivity contribution in [3.63, 3.8) is 0 Å².